The Labute approximate surface area is 327 Å². The molecule has 9 rings (SSSR count). The number of carbonyl (C=O) groups excluding carboxylic acids is 4. The van der Waals surface area contributed by atoms with E-state index in [4.69, 9.17) is 0 Å². The lowest BCUT2D eigenvalue weighted by Gasteiger charge is -2.38. The summed E-state index contributed by atoms with van der Waals surface area (Å²) in [5, 5.41) is 16.4. The van der Waals surface area contributed by atoms with E-state index in [-0.39, 0.29) is 24.7 Å². The second kappa shape index (κ2) is 15.2. The van der Waals surface area contributed by atoms with Gasteiger partial charge in [0.1, 0.15) is 11.8 Å². The van der Waals surface area contributed by atoms with Crippen molar-refractivity contribution >= 4 is 35.0 Å². The molecule has 10 heteroatoms. The zero-order valence-electron chi connectivity index (χ0n) is 31.7. The summed E-state index contributed by atoms with van der Waals surface area (Å²) in [6.07, 6.45) is 6.65. The van der Waals surface area contributed by atoms with Crippen molar-refractivity contribution < 1.29 is 24.3 Å². The van der Waals surface area contributed by atoms with Crippen LogP contribution in [0.4, 0.5) is 11.4 Å². The summed E-state index contributed by atoms with van der Waals surface area (Å²) in [4.78, 5) is 56.6. The molecular formula is C46H49N5O5. The second-order valence-corrected chi connectivity index (χ2v) is 16.3. The van der Waals surface area contributed by atoms with Gasteiger partial charge in [0.05, 0.1) is 11.1 Å². The molecule has 0 aromatic heterocycles. The van der Waals surface area contributed by atoms with Crippen molar-refractivity contribution in [3.8, 4) is 5.75 Å². The fraction of sp³-hybridized carbons (Fsp3) is 0.391. The van der Waals surface area contributed by atoms with E-state index in [1.165, 1.54) is 27.9 Å². The van der Waals surface area contributed by atoms with Crippen molar-refractivity contribution in [3.63, 3.8) is 0 Å². The first-order valence-electron chi connectivity index (χ1n) is 20.4. The van der Waals surface area contributed by atoms with Gasteiger partial charge in [-0.05, 0) is 128 Å². The third-order valence-electron chi connectivity index (χ3n) is 13.0. The van der Waals surface area contributed by atoms with E-state index in [2.05, 4.69) is 81.1 Å². The lowest BCUT2D eigenvalue weighted by molar-refractivity contribution is -0.136. The molecule has 0 spiro atoms. The van der Waals surface area contributed by atoms with Gasteiger partial charge < -0.3 is 20.2 Å². The molecule has 4 aromatic carbocycles. The predicted molar refractivity (Wildman–Crippen MR) is 215 cm³/mol. The number of anilines is 2. The molecule has 3 N–H and O–H groups in total. The van der Waals surface area contributed by atoms with Gasteiger partial charge in [0, 0.05) is 55.9 Å². The maximum absolute atomic E-state index is 13.4. The van der Waals surface area contributed by atoms with Crippen LogP contribution in [0.15, 0.2) is 91.0 Å². The number of hydrogen-bond acceptors (Lipinski definition) is 8. The highest BCUT2D eigenvalue weighted by Crippen LogP contribution is 2.47. The number of nitrogens with one attached hydrogen (secondary N) is 2. The monoisotopic (exact) mass is 751 g/mol. The molecule has 0 bridgehead atoms. The molecule has 1 unspecified atom stereocenters. The zero-order valence-corrected chi connectivity index (χ0v) is 31.7. The number of aryl methyl sites for hydroxylation is 1. The molecule has 288 valence electrons. The molecule has 4 aliphatic heterocycles. The largest absolute Gasteiger partial charge is 0.508 e. The van der Waals surface area contributed by atoms with Crippen molar-refractivity contribution in [2.24, 2.45) is 5.92 Å². The van der Waals surface area contributed by atoms with Crippen LogP contribution in [0.3, 0.4) is 0 Å². The number of rotatable bonds is 8. The molecule has 3 fully saturated rings. The van der Waals surface area contributed by atoms with Crippen LogP contribution in [0.2, 0.25) is 0 Å². The third kappa shape index (κ3) is 6.95. The van der Waals surface area contributed by atoms with Crippen molar-refractivity contribution in [1.29, 1.82) is 0 Å². The molecule has 4 heterocycles. The second-order valence-electron chi connectivity index (χ2n) is 16.3. The van der Waals surface area contributed by atoms with Crippen LogP contribution in [-0.4, -0.2) is 78.4 Å². The van der Waals surface area contributed by atoms with E-state index in [1.54, 1.807) is 12.1 Å². The number of phenols is 1. The molecule has 1 aliphatic carbocycles. The third-order valence-corrected chi connectivity index (χ3v) is 13.0. The van der Waals surface area contributed by atoms with E-state index in [9.17, 15) is 24.3 Å². The average Bonchev–Trinajstić information content (AvgIpc) is 3.48. The summed E-state index contributed by atoms with van der Waals surface area (Å²) in [5.41, 5.74) is 8.08. The van der Waals surface area contributed by atoms with E-state index in [0.717, 1.165) is 81.8 Å². The standard InChI is InChI=1S/C46H49N5O5/c52-36-14-17-38-32(25-36)10-15-37(30-5-2-1-3-6-30)43(38)31-8-11-34(12-9-31)49-23-20-29(21-24-49)27-47-33-7-4-22-50(28-33)35-13-16-39-40(26-35)46(56)51(45(39)55)41-18-19-42(53)48-44(41)54/h1-3,5-6,8-9,11-14,16-17,25-26,29,33,37,41,43,47,52H,4,7,10,15,18-24,27-28H2,(H,48,53,54)/t33-,37-,41?,43+/m1/s1. The Bertz CT molecular complexity index is 2150. The number of imide groups is 2. The maximum atomic E-state index is 13.4. The molecule has 5 aliphatic rings. The Morgan fingerprint density at radius 2 is 1.46 bits per heavy atom. The van der Waals surface area contributed by atoms with Crippen molar-refractivity contribution in [2.75, 3.05) is 42.5 Å². The number of nitrogens with zero attached hydrogens (tertiary/aromatic N) is 3. The van der Waals surface area contributed by atoms with Crippen molar-refractivity contribution in [2.45, 2.75) is 75.3 Å². The molecule has 4 aromatic rings. The van der Waals surface area contributed by atoms with Gasteiger partial charge in [-0.3, -0.25) is 29.4 Å². The quantitative estimate of drug-likeness (QED) is 0.184. The molecule has 0 radical (unpaired) electrons. The van der Waals surface area contributed by atoms with Crippen LogP contribution in [-0.2, 0) is 16.0 Å². The lowest BCUT2D eigenvalue weighted by atomic mass is 9.69. The average molecular weight is 752 g/mol. The molecule has 3 saturated heterocycles. The Morgan fingerprint density at radius 1 is 0.696 bits per heavy atom. The Hall–Kier alpha value is -5.48. The van der Waals surface area contributed by atoms with E-state index < -0.39 is 23.8 Å². The summed E-state index contributed by atoms with van der Waals surface area (Å²) in [7, 11) is 0. The summed E-state index contributed by atoms with van der Waals surface area (Å²) in [6.45, 7) is 4.72. The Kier molecular flexibility index (Phi) is 9.83. The van der Waals surface area contributed by atoms with Gasteiger partial charge in [-0.2, -0.15) is 0 Å². The molecule has 4 atom stereocenters. The summed E-state index contributed by atoms with van der Waals surface area (Å²) >= 11 is 0. The smallest absolute Gasteiger partial charge is 0.262 e. The van der Waals surface area contributed by atoms with Gasteiger partial charge in [0.2, 0.25) is 11.8 Å². The maximum Gasteiger partial charge on any atom is 0.262 e. The predicted octanol–water partition coefficient (Wildman–Crippen LogP) is 6.13. The lowest BCUT2D eigenvalue weighted by Crippen LogP contribution is -2.54. The van der Waals surface area contributed by atoms with E-state index in [0.29, 0.717) is 34.8 Å². The molecule has 56 heavy (non-hydrogen) atoms. The molecule has 10 nitrogen and oxygen atoms in total. The Balaban J connectivity index is 0.794. The van der Waals surface area contributed by atoms with Gasteiger partial charge >= 0.3 is 0 Å². The highest BCUT2D eigenvalue weighted by atomic mass is 16.3. The number of carbonyl (C=O) groups is 4. The van der Waals surface area contributed by atoms with Gasteiger partial charge in [-0.25, -0.2) is 0 Å². The van der Waals surface area contributed by atoms with Crippen molar-refractivity contribution in [1.82, 2.24) is 15.5 Å². The van der Waals surface area contributed by atoms with Crippen LogP contribution in [0.1, 0.15) is 99.8 Å². The van der Waals surface area contributed by atoms with Gasteiger partial charge in [0.25, 0.3) is 11.8 Å². The van der Waals surface area contributed by atoms with Crippen LogP contribution < -0.4 is 20.4 Å². The van der Waals surface area contributed by atoms with Crippen molar-refractivity contribution in [3.05, 3.63) is 124 Å². The fourth-order valence-electron chi connectivity index (χ4n) is 9.93. The normalized spacial score (nSPS) is 24.2. The zero-order chi connectivity index (χ0) is 38.3. The summed E-state index contributed by atoms with van der Waals surface area (Å²) in [5.74, 6) is -0.346. The highest BCUT2D eigenvalue weighted by Gasteiger charge is 2.45. The van der Waals surface area contributed by atoms with Crippen LogP contribution in [0, 0.1) is 5.92 Å². The summed E-state index contributed by atoms with van der Waals surface area (Å²) in [6, 6.07) is 30.8. The summed E-state index contributed by atoms with van der Waals surface area (Å²) < 4.78 is 0. The topological polar surface area (TPSA) is 122 Å². The van der Waals surface area contributed by atoms with Crippen LogP contribution in [0.25, 0.3) is 0 Å². The van der Waals surface area contributed by atoms with Crippen LogP contribution >= 0.6 is 0 Å². The number of fused-ring (bicyclic) bond motifs is 2. The van der Waals surface area contributed by atoms with Gasteiger partial charge in [-0.15, -0.1) is 0 Å². The minimum atomic E-state index is -0.963. The fourth-order valence-corrected chi connectivity index (χ4v) is 9.93. The first-order valence-corrected chi connectivity index (χ1v) is 20.4. The Morgan fingerprint density at radius 3 is 2.25 bits per heavy atom. The first kappa shape index (κ1) is 36.2. The minimum Gasteiger partial charge on any atom is -0.508 e. The number of hydrogen-bond donors (Lipinski definition) is 3. The number of phenolic OH excluding ortho intramolecular Hbond substituents is 1. The van der Waals surface area contributed by atoms with Gasteiger partial charge in [0.15, 0.2) is 0 Å². The SMILES string of the molecule is O=C1CCC(N2C(=O)c3ccc(N4CCC[C@@H](NCC5CCN(c6ccc([C@@H]7c8ccc(O)cc8CC[C@@H]7c7ccccc7)cc6)CC5)C4)cc3C2=O)C(=O)N1. The van der Waals surface area contributed by atoms with E-state index >= 15 is 0 Å². The minimum absolute atomic E-state index is 0.102. The molecule has 4 amide bonds. The number of amides is 4. The molecule has 0 saturated carbocycles. The molecular weight excluding hydrogens is 703 g/mol. The van der Waals surface area contributed by atoms with Crippen LogP contribution in [0.5, 0.6) is 5.75 Å². The highest BCUT2D eigenvalue weighted by molar-refractivity contribution is 6.23. The first-order chi connectivity index (χ1) is 27.3. The number of benzene rings is 4. The van der Waals surface area contributed by atoms with E-state index in [1.807, 2.05) is 18.2 Å². The van der Waals surface area contributed by atoms with Gasteiger partial charge in [-0.1, -0.05) is 48.5 Å². The number of aromatic hydroxyl groups is 1. The number of piperidine rings is 3.